The Morgan fingerprint density at radius 3 is 2.41 bits per heavy atom. The minimum Gasteiger partial charge on any atom is -0.367 e. The fourth-order valence-corrected chi connectivity index (χ4v) is 4.68. The summed E-state index contributed by atoms with van der Waals surface area (Å²) in [6, 6.07) is 14.6. The summed E-state index contributed by atoms with van der Waals surface area (Å²) in [4.78, 5) is 23.8. The number of anilines is 1. The Kier molecular flexibility index (Phi) is 7.84. The zero-order chi connectivity index (χ0) is 24.1. The average molecular weight is 484 g/mol. The first-order chi connectivity index (χ1) is 16.5. The lowest BCUT2D eigenvalue weighted by Gasteiger charge is -2.41. The number of hydrogen-bond acceptors (Lipinski definition) is 7. The highest BCUT2D eigenvalue weighted by Crippen LogP contribution is 2.29. The number of aromatic nitrogens is 2. The molecule has 1 amide bonds. The van der Waals surface area contributed by atoms with Crippen LogP contribution in [0.4, 0.5) is 10.1 Å². The molecule has 3 aromatic rings. The molecule has 34 heavy (non-hydrogen) atoms. The first kappa shape index (κ1) is 24.2. The summed E-state index contributed by atoms with van der Waals surface area (Å²) in [5, 5.41) is 4.36. The Morgan fingerprint density at radius 1 is 1.12 bits per heavy atom. The van der Waals surface area contributed by atoms with Gasteiger partial charge in [-0.1, -0.05) is 47.3 Å². The molecular formula is C25H30FN5O2S. The Hall–Kier alpha value is -2.91. The van der Waals surface area contributed by atoms with Crippen LogP contribution in [0.3, 0.4) is 0 Å². The second-order valence-corrected chi connectivity index (χ2v) is 8.86. The van der Waals surface area contributed by atoms with Crippen LogP contribution < -0.4 is 4.90 Å². The molecule has 1 saturated heterocycles. The summed E-state index contributed by atoms with van der Waals surface area (Å²) < 4.78 is 20.2. The van der Waals surface area contributed by atoms with Crippen LogP contribution in [0, 0.1) is 5.82 Å². The summed E-state index contributed by atoms with van der Waals surface area (Å²) in [6.45, 7) is 7.94. The molecule has 0 spiro atoms. The van der Waals surface area contributed by atoms with Crippen LogP contribution in [0.15, 0.2) is 58.3 Å². The Labute approximate surface area is 203 Å². The molecule has 1 aliphatic rings. The van der Waals surface area contributed by atoms with Crippen LogP contribution in [-0.4, -0.2) is 71.4 Å². The van der Waals surface area contributed by atoms with Gasteiger partial charge in [-0.3, -0.25) is 9.69 Å². The van der Waals surface area contributed by atoms with Gasteiger partial charge in [0.15, 0.2) is 0 Å². The number of nitrogens with zero attached hydrogens (tertiary/aromatic N) is 5. The molecule has 1 aliphatic heterocycles. The number of likely N-dealkylation sites (N-methyl/N-ethyl adjacent to an activating group) is 1. The largest absolute Gasteiger partial charge is 0.367 e. The molecule has 0 N–H and O–H groups in total. The number of amides is 1. The lowest BCUT2D eigenvalue weighted by atomic mass is 10.0. The predicted octanol–water partition coefficient (Wildman–Crippen LogP) is 4.33. The third kappa shape index (κ3) is 5.10. The van der Waals surface area contributed by atoms with Crippen LogP contribution in [0.1, 0.15) is 25.5 Å². The third-order valence-corrected chi connectivity index (χ3v) is 6.75. The minimum atomic E-state index is -0.334. The highest BCUT2D eigenvalue weighted by atomic mass is 32.2. The van der Waals surface area contributed by atoms with E-state index in [1.807, 2.05) is 66.3 Å². The number of hydrogen-bond donors (Lipinski definition) is 0. The summed E-state index contributed by atoms with van der Waals surface area (Å²) in [5.74, 6) is 0.172. The first-order valence-electron chi connectivity index (χ1n) is 11.6. The van der Waals surface area contributed by atoms with Crippen molar-refractivity contribution >= 4 is 23.4 Å². The lowest BCUT2D eigenvalue weighted by Crippen LogP contribution is -2.51. The summed E-state index contributed by atoms with van der Waals surface area (Å²) >= 11 is 1.35. The number of halogens is 1. The molecule has 4 rings (SSSR count). The standard InChI is InChI=1S/C25H30FN5O2S/c1-4-29(5-2)24(32)22(18-9-7-6-8-10-18)31-15-13-30(14-16-31)21-12-11-19(17-20(21)26)23-27-25(34-3)33-28-23/h6-12,17,22H,4-5,13-16H2,1-3H3. The lowest BCUT2D eigenvalue weighted by molar-refractivity contribution is -0.137. The predicted molar refractivity (Wildman–Crippen MR) is 132 cm³/mol. The van der Waals surface area contributed by atoms with E-state index in [4.69, 9.17) is 4.52 Å². The van der Waals surface area contributed by atoms with Gasteiger partial charge in [0.05, 0.1) is 5.69 Å². The summed E-state index contributed by atoms with van der Waals surface area (Å²) in [7, 11) is 0. The van der Waals surface area contributed by atoms with Crippen LogP contribution in [0.25, 0.3) is 11.4 Å². The SMILES string of the molecule is CCN(CC)C(=O)C(c1ccccc1)N1CCN(c2ccc(-c3noc(SC)n3)cc2F)CC1. The van der Waals surface area contributed by atoms with Crippen LogP contribution >= 0.6 is 11.8 Å². The molecule has 180 valence electrons. The Bertz CT molecular complexity index is 1100. The van der Waals surface area contributed by atoms with Gasteiger partial charge in [-0.05, 0) is 43.9 Å². The van der Waals surface area contributed by atoms with Gasteiger partial charge in [0.25, 0.3) is 5.22 Å². The molecule has 1 fully saturated rings. The molecule has 0 aliphatic carbocycles. The molecule has 0 saturated carbocycles. The van der Waals surface area contributed by atoms with Gasteiger partial charge in [0, 0.05) is 44.8 Å². The van der Waals surface area contributed by atoms with Crippen molar-refractivity contribution in [3.8, 4) is 11.4 Å². The molecule has 1 unspecified atom stereocenters. The third-order valence-electron chi connectivity index (χ3n) is 6.23. The zero-order valence-corrected chi connectivity index (χ0v) is 20.6. The van der Waals surface area contributed by atoms with E-state index in [9.17, 15) is 4.79 Å². The van der Waals surface area contributed by atoms with E-state index in [1.165, 1.54) is 17.8 Å². The van der Waals surface area contributed by atoms with Crippen molar-refractivity contribution in [2.45, 2.75) is 25.1 Å². The zero-order valence-electron chi connectivity index (χ0n) is 19.8. The van der Waals surface area contributed by atoms with Gasteiger partial charge < -0.3 is 14.3 Å². The Morgan fingerprint density at radius 2 is 1.82 bits per heavy atom. The van der Waals surface area contributed by atoms with Gasteiger partial charge in [0.2, 0.25) is 11.7 Å². The highest BCUT2D eigenvalue weighted by Gasteiger charge is 2.33. The molecule has 2 aromatic carbocycles. The van der Waals surface area contributed by atoms with Crippen molar-refractivity contribution in [3.63, 3.8) is 0 Å². The number of rotatable bonds is 8. The fraction of sp³-hybridized carbons (Fsp3) is 0.400. The Balaban J connectivity index is 1.49. The molecule has 1 atom stereocenters. The number of thioether (sulfide) groups is 1. The van der Waals surface area contributed by atoms with Crippen LogP contribution in [0.5, 0.6) is 0 Å². The monoisotopic (exact) mass is 483 g/mol. The normalized spacial score (nSPS) is 15.4. The van der Waals surface area contributed by atoms with Gasteiger partial charge >= 0.3 is 0 Å². The maximum atomic E-state index is 15.0. The van der Waals surface area contributed by atoms with Crippen molar-refractivity contribution in [2.24, 2.45) is 0 Å². The van der Waals surface area contributed by atoms with Gasteiger partial charge in [-0.15, -0.1) is 0 Å². The van der Waals surface area contributed by atoms with Crippen LogP contribution in [0.2, 0.25) is 0 Å². The number of piperazine rings is 1. The molecular weight excluding hydrogens is 453 g/mol. The van der Waals surface area contributed by atoms with Crippen molar-refractivity contribution in [1.29, 1.82) is 0 Å². The first-order valence-corrected chi connectivity index (χ1v) is 12.8. The topological polar surface area (TPSA) is 65.7 Å². The fourth-order valence-electron chi connectivity index (χ4n) is 4.39. The van der Waals surface area contributed by atoms with Gasteiger partial charge in [-0.2, -0.15) is 4.98 Å². The maximum Gasteiger partial charge on any atom is 0.285 e. The van der Waals surface area contributed by atoms with Gasteiger partial charge in [0.1, 0.15) is 11.9 Å². The molecule has 0 bridgehead atoms. The maximum absolute atomic E-state index is 15.0. The number of benzene rings is 2. The number of carbonyl (C=O) groups is 1. The van der Waals surface area contributed by atoms with E-state index in [0.717, 1.165) is 5.56 Å². The van der Waals surface area contributed by atoms with Crippen LogP contribution in [-0.2, 0) is 4.79 Å². The smallest absolute Gasteiger partial charge is 0.285 e. The summed E-state index contributed by atoms with van der Waals surface area (Å²) in [5.41, 5.74) is 2.12. The minimum absolute atomic E-state index is 0.116. The molecule has 7 nitrogen and oxygen atoms in total. The summed E-state index contributed by atoms with van der Waals surface area (Å²) in [6.07, 6.45) is 1.85. The molecule has 0 radical (unpaired) electrons. The van der Waals surface area contributed by atoms with E-state index in [1.54, 1.807) is 6.07 Å². The van der Waals surface area contributed by atoms with E-state index >= 15 is 4.39 Å². The van der Waals surface area contributed by atoms with E-state index in [2.05, 4.69) is 15.0 Å². The van der Waals surface area contributed by atoms with Crippen molar-refractivity contribution in [1.82, 2.24) is 19.9 Å². The van der Waals surface area contributed by atoms with E-state index in [-0.39, 0.29) is 17.8 Å². The second-order valence-electron chi connectivity index (χ2n) is 8.10. The van der Waals surface area contributed by atoms with E-state index in [0.29, 0.717) is 61.6 Å². The van der Waals surface area contributed by atoms with Crippen molar-refractivity contribution in [2.75, 3.05) is 50.4 Å². The van der Waals surface area contributed by atoms with Gasteiger partial charge in [-0.25, -0.2) is 4.39 Å². The quantitative estimate of drug-likeness (QED) is 0.442. The molecule has 1 aromatic heterocycles. The molecule has 2 heterocycles. The van der Waals surface area contributed by atoms with E-state index < -0.39 is 0 Å². The average Bonchev–Trinajstić information content (AvgIpc) is 3.36. The second kappa shape index (κ2) is 11.0. The highest BCUT2D eigenvalue weighted by molar-refractivity contribution is 7.98. The molecule has 9 heteroatoms. The van der Waals surface area contributed by atoms with Crippen molar-refractivity contribution < 1.29 is 13.7 Å². The number of carbonyl (C=O) groups excluding carboxylic acids is 1. The van der Waals surface area contributed by atoms with Crippen molar-refractivity contribution in [3.05, 3.63) is 59.9 Å².